The van der Waals surface area contributed by atoms with Crippen LogP contribution in [-0.2, 0) is 25.7 Å². The summed E-state index contributed by atoms with van der Waals surface area (Å²) in [6.07, 6.45) is 8.86. The molecule has 164 valence electrons. The number of halogens is 1. The van der Waals surface area contributed by atoms with Gasteiger partial charge in [-0.1, -0.05) is 86.2 Å². The summed E-state index contributed by atoms with van der Waals surface area (Å²) >= 11 is 5.94. The second-order valence-electron chi connectivity index (χ2n) is 7.94. The lowest BCUT2D eigenvalue weighted by molar-refractivity contribution is -0.142. The molecule has 0 heterocycles. The number of carbonyl (C=O) groups is 2. The van der Waals surface area contributed by atoms with E-state index in [0.29, 0.717) is 23.1 Å². The topological polar surface area (TPSA) is 52.6 Å². The molecule has 31 heavy (non-hydrogen) atoms. The Bertz CT molecular complexity index is 868. The van der Waals surface area contributed by atoms with Gasteiger partial charge in [0.15, 0.2) is 5.78 Å². The average Bonchev–Trinajstić information content (AvgIpc) is 2.81. The Kier molecular flexibility index (Phi) is 9.32. The van der Waals surface area contributed by atoms with Crippen LogP contribution >= 0.6 is 11.6 Å². The quantitative estimate of drug-likeness (QED) is 0.149. The summed E-state index contributed by atoms with van der Waals surface area (Å²) < 4.78 is 11.0. The second kappa shape index (κ2) is 12.4. The lowest BCUT2D eigenvalue weighted by Gasteiger charge is -2.21. The number of rotatable bonds is 10. The van der Waals surface area contributed by atoms with Crippen LogP contribution < -0.4 is 0 Å². The van der Waals surface area contributed by atoms with Gasteiger partial charge in [0.2, 0.25) is 0 Å². The molecule has 4 nitrogen and oxygen atoms in total. The van der Waals surface area contributed by atoms with Gasteiger partial charge in [-0.2, -0.15) is 0 Å². The average molecular weight is 441 g/mol. The van der Waals surface area contributed by atoms with Crippen molar-refractivity contribution in [3.8, 4) is 0 Å². The lowest BCUT2D eigenvalue weighted by Crippen LogP contribution is -2.21. The molecule has 0 atom stereocenters. The van der Waals surface area contributed by atoms with Crippen molar-refractivity contribution < 1.29 is 19.1 Å². The third-order valence-corrected chi connectivity index (χ3v) is 5.79. The van der Waals surface area contributed by atoms with Crippen molar-refractivity contribution in [1.82, 2.24) is 0 Å². The molecule has 1 saturated carbocycles. The molecule has 5 heteroatoms. The zero-order valence-corrected chi connectivity index (χ0v) is 18.5. The highest BCUT2D eigenvalue weighted by molar-refractivity contribution is 6.30. The van der Waals surface area contributed by atoms with Crippen LogP contribution in [0.3, 0.4) is 0 Å². The number of Topliss-reactive ketones (excluding diaryl/α,β-unsaturated/α-hetero) is 1. The van der Waals surface area contributed by atoms with Crippen molar-refractivity contribution >= 4 is 29.4 Å². The van der Waals surface area contributed by atoms with Crippen LogP contribution in [-0.4, -0.2) is 25.0 Å². The van der Waals surface area contributed by atoms with E-state index in [1.54, 1.807) is 24.3 Å². The van der Waals surface area contributed by atoms with Gasteiger partial charge in [0, 0.05) is 11.6 Å². The van der Waals surface area contributed by atoms with Crippen LogP contribution in [0.4, 0.5) is 0 Å². The molecule has 1 aliphatic rings. The monoisotopic (exact) mass is 440 g/mol. The summed E-state index contributed by atoms with van der Waals surface area (Å²) in [6.45, 7) is 0.504. The molecular formula is C26H29ClO4. The third-order valence-electron chi connectivity index (χ3n) is 5.54. The predicted molar refractivity (Wildman–Crippen MR) is 123 cm³/mol. The second-order valence-corrected chi connectivity index (χ2v) is 8.38. The van der Waals surface area contributed by atoms with Crippen LogP contribution in [0.2, 0.25) is 5.02 Å². The van der Waals surface area contributed by atoms with Crippen molar-refractivity contribution in [1.29, 1.82) is 0 Å². The summed E-state index contributed by atoms with van der Waals surface area (Å²) in [4.78, 5) is 25.5. The molecule has 0 spiro atoms. The number of esters is 1. The molecule has 0 radical (unpaired) electrons. The van der Waals surface area contributed by atoms with E-state index in [2.05, 4.69) is 0 Å². The van der Waals surface area contributed by atoms with Crippen molar-refractivity contribution in [2.24, 2.45) is 5.92 Å². The largest absolute Gasteiger partial charge is 0.457 e. The van der Waals surface area contributed by atoms with Gasteiger partial charge in [0.1, 0.15) is 18.8 Å². The minimum Gasteiger partial charge on any atom is -0.457 e. The van der Waals surface area contributed by atoms with E-state index in [4.69, 9.17) is 21.1 Å². The maximum Gasteiger partial charge on any atom is 0.342 e. The van der Waals surface area contributed by atoms with Gasteiger partial charge in [0.25, 0.3) is 0 Å². The van der Waals surface area contributed by atoms with Crippen LogP contribution in [0.5, 0.6) is 0 Å². The molecular weight excluding hydrogens is 412 g/mol. The number of benzene rings is 2. The van der Waals surface area contributed by atoms with Crippen LogP contribution in [0.1, 0.15) is 49.7 Å². The van der Waals surface area contributed by atoms with E-state index in [9.17, 15) is 9.59 Å². The van der Waals surface area contributed by atoms with Crippen LogP contribution in [0.25, 0.3) is 6.08 Å². The Balaban J connectivity index is 1.60. The van der Waals surface area contributed by atoms with E-state index >= 15 is 0 Å². The Morgan fingerprint density at radius 2 is 1.68 bits per heavy atom. The summed E-state index contributed by atoms with van der Waals surface area (Å²) in [6, 6.07) is 16.3. The Hall–Kier alpha value is -2.43. The maximum atomic E-state index is 12.8. The normalized spacial score (nSPS) is 14.9. The molecule has 0 unspecified atom stereocenters. The smallest absolute Gasteiger partial charge is 0.342 e. The summed E-state index contributed by atoms with van der Waals surface area (Å²) in [7, 11) is 0. The van der Waals surface area contributed by atoms with Gasteiger partial charge in [-0.05, 0) is 41.7 Å². The molecule has 0 bridgehead atoms. The first-order valence-corrected chi connectivity index (χ1v) is 11.3. The van der Waals surface area contributed by atoms with Gasteiger partial charge >= 0.3 is 5.97 Å². The number of ether oxygens (including phenoxy) is 2. The number of hydrogen-bond donors (Lipinski definition) is 0. The highest BCUT2D eigenvalue weighted by atomic mass is 35.5. The first-order chi connectivity index (χ1) is 15.1. The molecule has 1 fully saturated rings. The Labute approximate surface area is 189 Å². The lowest BCUT2D eigenvalue weighted by atomic mass is 9.87. The molecule has 0 N–H and O–H groups in total. The van der Waals surface area contributed by atoms with Gasteiger partial charge in [-0.15, -0.1) is 0 Å². The zero-order chi connectivity index (χ0) is 21.9. The Morgan fingerprint density at radius 1 is 0.968 bits per heavy atom. The summed E-state index contributed by atoms with van der Waals surface area (Å²) in [5.41, 5.74) is 1.54. The molecule has 1 aliphatic carbocycles. The standard InChI is InChI=1S/C26H29ClO4/c27-23-13-11-21(12-14-23)17-24(26(29)31-18-22-9-5-2-6-10-22)25(28)19-30-16-15-20-7-3-1-4-8-20/h2,5-6,9-14,17,20H,1,3-4,7-8,15-16,18-19H2. The van der Waals surface area contributed by atoms with E-state index in [-0.39, 0.29) is 24.6 Å². The molecule has 3 rings (SSSR count). The van der Waals surface area contributed by atoms with Gasteiger partial charge in [-0.25, -0.2) is 4.79 Å². The number of carbonyl (C=O) groups excluding carboxylic acids is 2. The van der Waals surface area contributed by atoms with Crippen molar-refractivity contribution in [2.45, 2.75) is 45.1 Å². The van der Waals surface area contributed by atoms with Gasteiger partial charge in [0.05, 0.1) is 0 Å². The molecule has 2 aromatic rings. The molecule has 0 saturated heterocycles. The summed E-state index contributed by atoms with van der Waals surface area (Å²) in [5.74, 6) is -0.347. The maximum absolute atomic E-state index is 12.8. The highest BCUT2D eigenvalue weighted by Crippen LogP contribution is 2.26. The minimum absolute atomic E-state index is 0.0177. The highest BCUT2D eigenvalue weighted by Gasteiger charge is 2.21. The minimum atomic E-state index is -0.653. The van der Waals surface area contributed by atoms with Crippen molar-refractivity contribution in [2.75, 3.05) is 13.2 Å². The first kappa shape index (κ1) is 23.2. The van der Waals surface area contributed by atoms with Crippen LogP contribution in [0, 0.1) is 5.92 Å². The van der Waals surface area contributed by atoms with E-state index in [0.717, 1.165) is 12.0 Å². The number of hydrogen-bond acceptors (Lipinski definition) is 4. The van der Waals surface area contributed by atoms with Crippen molar-refractivity contribution in [3.05, 3.63) is 76.3 Å². The molecule has 0 aromatic heterocycles. The van der Waals surface area contributed by atoms with Gasteiger partial charge in [-0.3, -0.25) is 4.79 Å². The van der Waals surface area contributed by atoms with E-state index in [1.165, 1.54) is 38.2 Å². The SMILES string of the molecule is O=C(COCCC1CCCCC1)C(=Cc1ccc(Cl)cc1)C(=O)OCc1ccccc1. The number of ketones is 1. The van der Waals surface area contributed by atoms with E-state index < -0.39 is 5.97 Å². The van der Waals surface area contributed by atoms with Crippen molar-refractivity contribution in [3.63, 3.8) is 0 Å². The fourth-order valence-electron chi connectivity index (χ4n) is 3.75. The van der Waals surface area contributed by atoms with Gasteiger partial charge < -0.3 is 9.47 Å². The molecule has 0 aliphatic heterocycles. The van der Waals surface area contributed by atoms with Crippen LogP contribution in [0.15, 0.2) is 60.2 Å². The zero-order valence-electron chi connectivity index (χ0n) is 17.7. The van der Waals surface area contributed by atoms with E-state index in [1.807, 2.05) is 30.3 Å². The fourth-order valence-corrected chi connectivity index (χ4v) is 3.87. The predicted octanol–water partition coefficient (Wildman–Crippen LogP) is 6.02. The first-order valence-electron chi connectivity index (χ1n) is 10.9. The Morgan fingerprint density at radius 3 is 2.39 bits per heavy atom. The fraction of sp³-hybridized carbons (Fsp3) is 0.385. The third kappa shape index (κ3) is 7.97. The molecule has 0 amide bonds. The summed E-state index contributed by atoms with van der Waals surface area (Å²) in [5, 5.41) is 0.586. The molecule has 2 aromatic carbocycles.